The first-order valence-corrected chi connectivity index (χ1v) is 14.5. The molecular formula is C28H30N5O5P. The quantitative estimate of drug-likeness (QED) is 0.292. The Balaban J connectivity index is 1.43. The Morgan fingerprint density at radius 3 is 2.59 bits per heavy atom. The van der Waals surface area contributed by atoms with E-state index >= 15 is 0 Å². The van der Waals surface area contributed by atoms with Gasteiger partial charge >= 0.3 is 7.82 Å². The molecule has 4 aromatic rings. The number of nitrogens with one attached hydrogen (secondary N) is 1. The van der Waals surface area contributed by atoms with Crippen LogP contribution in [-0.2, 0) is 21.1 Å². The van der Waals surface area contributed by atoms with Crippen LogP contribution in [0.15, 0.2) is 48.8 Å². The van der Waals surface area contributed by atoms with Crippen LogP contribution in [0.5, 0.6) is 0 Å². The van der Waals surface area contributed by atoms with Crippen LogP contribution in [0, 0.1) is 5.92 Å². The Morgan fingerprint density at radius 1 is 1.15 bits per heavy atom. The van der Waals surface area contributed by atoms with Gasteiger partial charge in [-0.25, -0.2) is 19.5 Å². The molecule has 11 heteroatoms. The minimum atomic E-state index is -4.72. The molecule has 0 unspecified atom stereocenters. The standard InChI is InChI=1S/C28H30N5O5P/c1-15(2)10-17-6-5-7-19-24(17)23-12-21(32-26(19)34)25-31-20-9-8-16(11-22(20)33(23)25)18-13-29-27(30-14-18)28(3,4)38-39(35,36)37/h5-9,11,13-15,21,23H,10,12H2,1-4H3,(H,32,34)(H2,35,36,37)/t21-,23-/m1/s1. The van der Waals surface area contributed by atoms with Crippen LogP contribution in [0.3, 0.4) is 0 Å². The first-order chi connectivity index (χ1) is 18.4. The van der Waals surface area contributed by atoms with Gasteiger partial charge in [-0.05, 0) is 67.5 Å². The van der Waals surface area contributed by atoms with Crippen molar-refractivity contribution in [3.63, 3.8) is 0 Å². The first kappa shape index (κ1) is 25.8. The molecule has 2 bridgehead atoms. The Labute approximate surface area is 225 Å². The van der Waals surface area contributed by atoms with E-state index in [4.69, 9.17) is 9.51 Å². The van der Waals surface area contributed by atoms with Gasteiger partial charge in [0.2, 0.25) is 0 Å². The monoisotopic (exact) mass is 547 g/mol. The Morgan fingerprint density at radius 2 is 1.90 bits per heavy atom. The summed E-state index contributed by atoms with van der Waals surface area (Å²) in [5.74, 6) is 1.42. The van der Waals surface area contributed by atoms with Gasteiger partial charge < -0.3 is 19.7 Å². The van der Waals surface area contributed by atoms with Crippen molar-refractivity contribution < 1.29 is 23.7 Å². The average Bonchev–Trinajstić information content (AvgIpc) is 3.34. The van der Waals surface area contributed by atoms with Crippen molar-refractivity contribution in [2.24, 2.45) is 5.92 Å². The number of rotatable bonds is 6. The Hall–Kier alpha value is -3.43. The van der Waals surface area contributed by atoms with Gasteiger partial charge in [0.1, 0.15) is 11.4 Å². The highest BCUT2D eigenvalue weighted by atomic mass is 31.2. The van der Waals surface area contributed by atoms with E-state index in [1.807, 2.05) is 24.3 Å². The van der Waals surface area contributed by atoms with E-state index in [9.17, 15) is 19.1 Å². The van der Waals surface area contributed by atoms with Gasteiger partial charge in [0.25, 0.3) is 5.91 Å². The number of nitrogens with zero attached hydrogens (tertiary/aromatic N) is 4. The zero-order valence-electron chi connectivity index (χ0n) is 22.1. The van der Waals surface area contributed by atoms with Crippen molar-refractivity contribution in [2.45, 2.75) is 58.2 Å². The Kier molecular flexibility index (Phi) is 6.00. The van der Waals surface area contributed by atoms with Crippen LogP contribution in [0.4, 0.5) is 0 Å². The number of hydrogen-bond acceptors (Lipinski definition) is 6. The van der Waals surface area contributed by atoms with Crippen molar-refractivity contribution in [1.29, 1.82) is 0 Å². The summed E-state index contributed by atoms with van der Waals surface area (Å²) in [6, 6.07) is 11.8. The summed E-state index contributed by atoms with van der Waals surface area (Å²) in [6.45, 7) is 7.39. The molecule has 2 aliphatic rings. The van der Waals surface area contributed by atoms with Crippen molar-refractivity contribution in [3.05, 3.63) is 77.1 Å². The van der Waals surface area contributed by atoms with Gasteiger partial charge in [-0.3, -0.25) is 9.32 Å². The number of imidazole rings is 1. The number of phosphoric acid groups is 1. The van der Waals surface area contributed by atoms with Gasteiger partial charge in [-0.1, -0.05) is 32.0 Å². The molecule has 202 valence electrons. The number of fused-ring (bicyclic) bond motifs is 9. The second kappa shape index (κ2) is 9.06. The molecule has 6 rings (SSSR count). The topological polar surface area (TPSA) is 139 Å². The summed E-state index contributed by atoms with van der Waals surface area (Å²) in [4.78, 5) is 45.2. The molecule has 0 fully saturated rings. The highest BCUT2D eigenvalue weighted by molar-refractivity contribution is 7.46. The molecule has 2 aromatic carbocycles. The van der Waals surface area contributed by atoms with E-state index in [0.717, 1.165) is 52.0 Å². The summed E-state index contributed by atoms with van der Waals surface area (Å²) in [6.07, 6.45) is 4.88. The van der Waals surface area contributed by atoms with E-state index in [-0.39, 0.29) is 23.8 Å². The smallest absolute Gasteiger partial charge is 0.342 e. The maximum Gasteiger partial charge on any atom is 0.470 e. The van der Waals surface area contributed by atoms with Gasteiger partial charge in [0.05, 0.1) is 23.1 Å². The third kappa shape index (κ3) is 4.57. The van der Waals surface area contributed by atoms with Crippen molar-refractivity contribution in [2.75, 3.05) is 0 Å². The van der Waals surface area contributed by atoms with Crippen LogP contribution in [0.2, 0.25) is 0 Å². The lowest BCUT2D eigenvalue weighted by atomic mass is 9.89. The zero-order valence-corrected chi connectivity index (χ0v) is 23.0. The van der Waals surface area contributed by atoms with Crippen LogP contribution < -0.4 is 5.32 Å². The fraction of sp³-hybridized carbons (Fsp3) is 0.357. The molecule has 4 heterocycles. The van der Waals surface area contributed by atoms with E-state index < -0.39 is 13.4 Å². The maximum absolute atomic E-state index is 13.2. The Bertz CT molecular complexity index is 1660. The van der Waals surface area contributed by atoms with Gasteiger partial charge in [-0.15, -0.1) is 0 Å². The fourth-order valence-corrected chi connectivity index (χ4v) is 6.53. The molecule has 0 saturated carbocycles. The van der Waals surface area contributed by atoms with Crippen LogP contribution in [0.25, 0.3) is 22.2 Å². The SMILES string of the molecule is CC(C)Cc1cccc2c1[C@H]1C[C@@H](NC2=O)c2nc3ccc(-c4cnc(C(C)(C)OP(=O)(O)O)nc4)cc3n21. The molecule has 3 N–H and O–H groups in total. The van der Waals surface area contributed by atoms with E-state index in [2.05, 4.69) is 45.8 Å². The molecule has 39 heavy (non-hydrogen) atoms. The lowest BCUT2D eigenvalue weighted by Crippen LogP contribution is -2.28. The molecule has 2 aliphatic heterocycles. The molecule has 0 radical (unpaired) electrons. The molecule has 0 saturated heterocycles. The predicted octanol–water partition coefficient (Wildman–Crippen LogP) is 4.81. The number of phosphoric ester groups is 1. The average molecular weight is 548 g/mol. The summed E-state index contributed by atoms with van der Waals surface area (Å²) in [5, 5.41) is 3.20. The molecule has 2 aromatic heterocycles. The summed E-state index contributed by atoms with van der Waals surface area (Å²) in [5.41, 5.74) is 5.07. The van der Waals surface area contributed by atoms with Gasteiger partial charge in [-0.2, -0.15) is 0 Å². The minimum absolute atomic E-state index is 0.0154. The number of benzene rings is 2. The molecule has 10 nitrogen and oxygen atoms in total. The highest BCUT2D eigenvalue weighted by Crippen LogP contribution is 2.47. The second-order valence-electron chi connectivity index (χ2n) is 11.2. The lowest BCUT2D eigenvalue weighted by molar-refractivity contribution is 0.0556. The van der Waals surface area contributed by atoms with Crippen LogP contribution in [0.1, 0.15) is 79.3 Å². The van der Waals surface area contributed by atoms with Gasteiger partial charge in [0, 0.05) is 23.5 Å². The van der Waals surface area contributed by atoms with Gasteiger partial charge in [0.15, 0.2) is 5.82 Å². The number of carbonyl (C=O) groups excluding carboxylic acids is 1. The number of carbonyl (C=O) groups is 1. The molecule has 2 atom stereocenters. The zero-order chi connectivity index (χ0) is 27.7. The maximum atomic E-state index is 13.2. The number of hydrogen-bond donors (Lipinski definition) is 3. The molecule has 1 amide bonds. The minimum Gasteiger partial charge on any atom is -0.342 e. The van der Waals surface area contributed by atoms with E-state index in [1.54, 1.807) is 12.4 Å². The second-order valence-corrected chi connectivity index (χ2v) is 12.3. The fourth-order valence-electron chi connectivity index (χ4n) is 5.85. The van der Waals surface area contributed by atoms with Crippen molar-refractivity contribution in [1.82, 2.24) is 24.8 Å². The van der Waals surface area contributed by atoms with Crippen molar-refractivity contribution >= 4 is 24.8 Å². The number of aromatic nitrogens is 4. The van der Waals surface area contributed by atoms with Crippen molar-refractivity contribution in [3.8, 4) is 11.1 Å². The third-order valence-corrected chi connectivity index (χ3v) is 8.07. The first-order valence-electron chi connectivity index (χ1n) is 12.9. The normalized spacial score (nSPS) is 18.7. The summed E-state index contributed by atoms with van der Waals surface area (Å²) >= 11 is 0. The van der Waals surface area contributed by atoms with Crippen LogP contribution >= 0.6 is 7.82 Å². The summed E-state index contributed by atoms with van der Waals surface area (Å²) < 4.78 is 18.5. The molecule has 0 spiro atoms. The number of amides is 1. The molecule has 0 aliphatic carbocycles. The van der Waals surface area contributed by atoms with E-state index in [0.29, 0.717) is 5.92 Å². The van der Waals surface area contributed by atoms with E-state index in [1.165, 1.54) is 19.4 Å². The molecular weight excluding hydrogens is 517 g/mol. The predicted molar refractivity (Wildman–Crippen MR) is 145 cm³/mol. The largest absolute Gasteiger partial charge is 0.470 e. The summed E-state index contributed by atoms with van der Waals surface area (Å²) in [7, 11) is -4.72. The van der Waals surface area contributed by atoms with Crippen LogP contribution in [-0.4, -0.2) is 35.2 Å². The highest BCUT2D eigenvalue weighted by Gasteiger charge is 2.41. The lowest BCUT2D eigenvalue weighted by Gasteiger charge is -2.23. The third-order valence-electron chi connectivity index (χ3n) is 7.38.